The molecule has 0 spiro atoms. The molecule has 1 saturated heterocycles. The molecule has 8 N–H and O–H groups in total. The fourth-order valence-electron chi connectivity index (χ4n) is 2.63. The lowest BCUT2D eigenvalue weighted by Crippen LogP contribution is -2.39. The zero-order valence-corrected chi connectivity index (χ0v) is 13.2. The highest BCUT2D eigenvalue weighted by Crippen LogP contribution is 2.41. The van der Waals surface area contributed by atoms with Crippen LogP contribution >= 0.6 is 7.82 Å². The number of anilines is 1. The number of H-pyrrole nitrogens is 1. The second kappa shape index (κ2) is 6.16. The molecule has 2 aromatic rings. The van der Waals surface area contributed by atoms with Crippen LogP contribution < -0.4 is 11.3 Å². The van der Waals surface area contributed by atoms with E-state index in [0.29, 0.717) is 0 Å². The predicted octanol–water partition coefficient (Wildman–Crippen LogP) is -2.65. The number of aromatic nitrogens is 3. The molecule has 14 heteroatoms. The monoisotopic (exact) mass is 378 g/mol. The molecule has 1 aliphatic heterocycles. The van der Waals surface area contributed by atoms with Crippen molar-refractivity contribution >= 4 is 24.7 Å². The summed E-state index contributed by atoms with van der Waals surface area (Å²) < 4.78 is 21.2. The van der Waals surface area contributed by atoms with Crippen LogP contribution in [0.4, 0.5) is 5.82 Å². The van der Waals surface area contributed by atoms with Crippen LogP contribution in [0.25, 0.3) is 11.0 Å². The molecule has 5 atom stereocenters. The van der Waals surface area contributed by atoms with Crippen molar-refractivity contribution in [3.63, 3.8) is 0 Å². The molecule has 0 aliphatic carbocycles. The molecule has 138 valence electrons. The quantitative estimate of drug-likeness (QED) is 0.215. The predicted molar refractivity (Wildman–Crippen MR) is 79.8 cm³/mol. The van der Waals surface area contributed by atoms with Crippen LogP contribution in [0.3, 0.4) is 0 Å². The van der Waals surface area contributed by atoms with Gasteiger partial charge >= 0.3 is 7.82 Å². The summed E-state index contributed by atoms with van der Waals surface area (Å²) in [6.45, 7) is 0. The number of phosphoric acid groups is 1. The van der Waals surface area contributed by atoms with Gasteiger partial charge in [0.15, 0.2) is 12.5 Å². The Kier molecular flexibility index (Phi) is 4.43. The fraction of sp³-hybridized carbons (Fsp3) is 0.455. The van der Waals surface area contributed by atoms with Crippen molar-refractivity contribution in [1.82, 2.24) is 14.5 Å². The van der Waals surface area contributed by atoms with Gasteiger partial charge in [0, 0.05) is 6.07 Å². The van der Waals surface area contributed by atoms with E-state index in [4.69, 9.17) is 20.3 Å². The SMILES string of the molecule is Nc1cc2ncn([C@@H]3O[C@H](C(O)OP(=O)(O)O)[C@@H](O)[C@@H]3O)c2c(=O)[nH]1. The van der Waals surface area contributed by atoms with Gasteiger partial charge in [-0.25, -0.2) is 9.55 Å². The first-order valence-corrected chi connectivity index (χ1v) is 8.40. The van der Waals surface area contributed by atoms with E-state index in [0.717, 1.165) is 10.9 Å². The van der Waals surface area contributed by atoms with Crippen molar-refractivity contribution in [3.8, 4) is 0 Å². The highest BCUT2D eigenvalue weighted by molar-refractivity contribution is 7.46. The van der Waals surface area contributed by atoms with Crippen molar-refractivity contribution in [2.75, 3.05) is 5.73 Å². The minimum Gasteiger partial charge on any atom is -0.387 e. The minimum absolute atomic E-state index is 0.0171. The van der Waals surface area contributed by atoms with Gasteiger partial charge in [-0.15, -0.1) is 0 Å². The number of pyridine rings is 1. The maximum Gasteiger partial charge on any atom is 0.472 e. The van der Waals surface area contributed by atoms with E-state index in [9.17, 15) is 24.7 Å². The van der Waals surface area contributed by atoms with E-state index in [-0.39, 0.29) is 16.9 Å². The standard InChI is InChI=1S/C11H15N4O9P/c12-4-1-3-5(9(18)14-4)15(2-13-3)10-7(17)6(16)8(23-10)11(19)24-25(20,21)22/h1-2,6-8,10-11,16-17,19H,(H3,12,14,18)(H2,20,21,22)/t6-,7-,8-,10+,11?/m0/s1. The molecule has 1 fully saturated rings. The number of hydrogen-bond donors (Lipinski definition) is 7. The Morgan fingerprint density at radius 1 is 1.40 bits per heavy atom. The van der Waals surface area contributed by atoms with Crippen LogP contribution in [0.2, 0.25) is 0 Å². The molecule has 0 aromatic carbocycles. The molecule has 1 aliphatic rings. The normalized spacial score (nSPS) is 28.5. The van der Waals surface area contributed by atoms with Crippen LogP contribution in [-0.4, -0.2) is 64.2 Å². The summed E-state index contributed by atoms with van der Waals surface area (Å²) in [6, 6.07) is 1.37. The lowest BCUT2D eigenvalue weighted by molar-refractivity contribution is -0.160. The third-order valence-corrected chi connectivity index (χ3v) is 4.15. The van der Waals surface area contributed by atoms with E-state index in [1.807, 2.05) is 0 Å². The number of ether oxygens (including phenoxy) is 1. The van der Waals surface area contributed by atoms with Gasteiger partial charge in [0.1, 0.15) is 29.6 Å². The summed E-state index contributed by atoms with van der Waals surface area (Å²) >= 11 is 0. The molecular formula is C11H15N4O9P. The number of aromatic amines is 1. The summed E-state index contributed by atoms with van der Waals surface area (Å²) in [5, 5.41) is 29.8. The first-order chi connectivity index (χ1) is 11.6. The molecule has 13 nitrogen and oxygen atoms in total. The van der Waals surface area contributed by atoms with Gasteiger partial charge < -0.3 is 40.6 Å². The zero-order valence-electron chi connectivity index (χ0n) is 12.3. The molecule has 0 saturated carbocycles. The van der Waals surface area contributed by atoms with Crippen LogP contribution in [0, 0.1) is 0 Å². The lowest BCUT2D eigenvalue weighted by Gasteiger charge is -2.21. The Bertz CT molecular complexity index is 891. The summed E-state index contributed by atoms with van der Waals surface area (Å²) in [5.41, 5.74) is 5.06. The van der Waals surface area contributed by atoms with E-state index >= 15 is 0 Å². The number of fused-ring (bicyclic) bond motifs is 1. The zero-order chi connectivity index (χ0) is 18.5. The molecule has 3 rings (SSSR count). The Hall–Kier alpha value is -1.83. The van der Waals surface area contributed by atoms with Crippen molar-refractivity contribution in [1.29, 1.82) is 0 Å². The topological polar surface area (TPSA) is 213 Å². The van der Waals surface area contributed by atoms with Crippen LogP contribution in [-0.2, 0) is 13.8 Å². The average molecular weight is 378 g/mol. The number of nitrogens with one attached hydrogen (secondary N) is 1. The molecule has 3 heterocycles. The highest BCUT2D eigenvalue weighted by atomic mass is 31.2. The first kappa shape index (κ1) is 18.0. The van der Waals surface area contributed by atoms with Crippen LogP contribution in [0.15, 0.2) is 17.2 Å². The van der Waals surface area contributed by atoms with Gasteiger partial charge in [-0.2, -0.15) is 0 Å². The molecule has 2 aromatic heterocycles. The number of nitrogens with zero attached hydrogens (tertiary/aromatic N) is 2. The molecule has 25 heavy (non-hydrogen) atoms. The van der Waals surface area contributed by atoms with Gasteiger partial charge in [-0.1, -0.05) is 0 Å². The lowest BCUT2D eigenvalue weighted by atomic mass is 10.1. The maximum atomic E-state index is 12.1. The number of aliphatic hydroxyl groups is 3. The highest BCUT2D eigenvalue weighted by Gasteiger charge is 2.49. The van der Waals surface area contributed by atoms with Crippen molar-refractivity contribution in [2.45, 2.75) is 30.8 Å². The summed E-state index contributed by atoms with van der Waals surface area (Å²) in [4.78, 5) is 35.8. The fourth-order valence-corrected chi connectivity index (χ4v) is 3.03. The Labute approximate surface area is 138 Å². The Morgan fingerprint density at radius 2 is 2.08 bits per heavy atom. The van der Waals surface area contributed by atoms with E-state index in [1.54, 1.807) is 0 Å². The first-order valence-electron chi connectivity index (χ1n) is 6.87. The second-order valence-electron chi connectivity index (χ2n) is 5.40. The maximum absolute atomic E-state index is 12.1. The van der Waals surface area contributed by atoms with Crippen LogP contribution in [0.1, 0.15) is 6.23 Å². The third kappa shape index (κ3) is 3.31. The number of aliphatic hydroxyl groups excluding tert-OH is 3. The summed E-state index contributed by atoms with van der Waals surface area (Å²) in [6.07, 6.45) is -7.52. The minimum atomic E-state index is -5.06. The summed E-state index contributed by atoms with van der Waals surface area (Å²) in [7, 11) is -5.06. The number of imidazole rings is 1. The molecule has 0 amide bonds. The molecule has 0 radical (unpaired) electrons. The van der Waals surface area contributed by atoms with Crippen molar-refractivity contribution in [3.05, 3.63) is 22.7 Å². The van der Waals surface area contributed by atoms with E-state index < -0.39 is 44.2 Å². The molecule has 0 bridgehead atoms. The number of hydrogen-bond acceptors (Lipinski definition) is 9. The van der Waals surface area contributed by atoms with Crippen molar-refractivity contribution < 1.29 is 38.9 Å². The smallest absolute Gasteiger partial charge is 0.387 e. The third-order valence-electron chi connectivity index (χ3n) is 3.66. The van der Waals surface area contributed by atoms with Crippen molar-refractivity contribution in [2.24, 2.45) is 0 Å². The number of nitrogen functional groups attached to an aromatic ring is 1. The van der Waals surface area contributed by atoms with Gasteiger partial charge in [0.2, 0.25) is 0 Å². The average Bonchev–Trinajstić information content (AvgIpc) is 3.00. The largest absolute Gasteiger partial charge is 0.472 e. The Morgan fingerprint density at radius 3 is 2.72 bits per heavy atom. The second-order valence-corrected chi connectivity index (χ2v) is 6.59. The van der Waals surface area contributed by atoms with Gasteiger partial charge in [-0.05, 0) is 0 Å². The van der Waals surface area contributed by atoms with Gasteiger partial charge in [0.25, 0.3) is 5.56 Å². The van der Waals surface area contributed by atoms with Gasteiger partial charge in [0.05, 0.1) is 11.8 Å². The molecular weight excluding hydrogens is 363 g/mol. The Balaban J connectivity index is 1.94. The number of phosphoric ester groups is 1. The number of rotatable bonds is 4. The van der Waals surface area contributed by atoms with E-state index in [1.165, 1.54) is 6.07 Å². The van der Waals surface area contributed by atoms with E-state index in [2.05, 4.69) is 14.5 Å². The van der Waals surface area contributed by atoms with Gasteiger partial charge in [-0.3, -0.25) is 13.9 Å². The number of nitrogens with two attached hydrogens (primary N) is 1. The molecule has 1 unspecified atom stereocenters. The van der Waals surface area contributed by atoms with Crippen LogP contribution in [0.5, 0.6) is 0 Å². The summed E-state index contributed by atoms with van der Waals surface area (Å²) in [5.74, 6) is 0.0685.